The van der Waals surface area contributed by atoms with E-state index in [1.54, 1.807) is 42.5 Å². The number of nitrogens with zero attached hydrogens (tertiary/aromatic N) is 4. The molecule has 12 heteroatoms. The highest BCUT2D eigenvalue weighted by atomic mass is 19.1. The van der Waals surface area contributed by atoms with E-state index in [0.717, 1.165) is 25.7 Å². The van der Waals surface area contributed by atoms with Gasteiger partial charge in [0.25, 0.3) is 5.91 Å². The fourth-order valence-electron chi connectivity index (χ4n) is 6.56. The number of amides is 4. The second-order valence-corrected chi connectivity index (χ2v) is 14.1. The molecule has 1 aliphatic heterocycles. The average Bonchev–Trinajstić information content (AvgIpc) is 3.55. The zero-order valence-corrected chi connectivity index (χ0v) is 29.0. The number of halogens is 1. The van der Waals surface area contributed by atoms with Crippen LogP contribution in [0.3, 0.4) is 0 Å². The van der Waals surface area contributed by atoms with E-state index in [4.69, 9.17) is 0 Å². The Hall–Kier alpha value is -3.93. The molecule has 0 spiro atoms. The second kappa shape index (κ2) is 16.0. The summed E-state index contributed by atoms with van der Waals surface area (Å²) in [4.78, 5) is 58.5. The summed E-state index contributed by atoms with van der Waals surface area (Å²) in [5, 5.41) is 20.1. The van der Waals surface area contributed by atoms with Crippen LogP contribution in [0.1, 0.15) is 114 Å². The lowest BCUT2D eigenvalue weighted by Crippen LogP contribution is -2.54. The van der Waals surface area contributed by atoms with Crippen LogP contribution in [0.4, 0.5) is 10.1 Å². The summed E-state index contributed by atoms with van der Waals surface area (Å²) in [7, 11) is 0. The van der Waals surface area contributed by atoms with Gasteiger partial charge in [0.15, 0.2) is 0 Å². The molecule has 48 heavy (non-hydrogen) atoms. The number of hydrogen-bond acceptors (Lipinski definition) is 6. The maximum Gasteiger partial charge on any atom is 0.294 e. The van der Waals surface area contributed by atoms with Crippen LogP contribution in [0.15, 0.2) is 35.5 Å². The predicted octanol–water partition coefficient (Wildman–Crippen LogP) is 5.27. The molecule has 1 aromatic heterocycles. The van der Waals surface area contributed by atoms with E-state index < -0.39 is 41.1 Å². The highest BCUT2D eigenvalue weighted by molar-refractivity contribution is 6.06. The van der Waals surface area contributed by atoms with Gasteiger partial charge in [-0.15, -0.1) is 0 Å². The van der Waals surface area contributed by atoms with Crippen molar-refractivity contribution < 1.29 is 28.7 Å². The number of rotatable bonds is 11. The monoisotopic (exact) mass is 666 g/mol. The lowest BCUT2D eigenvalue weighted by Gasteiger charge is -2.38. The van der Waals surface area contributed by atoms with E-state index in [-0.39, 0.29) is 35.9 Å². The third-order valence-electron chi connectivity index (χ3n) is 9.93. The largest absolute Gasteiger partial charge is 0.390 e. The molecule has 1 unspecified atom stereocenters. The fraction of sp³-hybridized carbons (Fsp3) is 0.611. The van der Waals surface area contributed by atoms with E-state index in [0.29, 0.717) is 43.1 Å². The number of benzene rings is 1. The Labute approximate surface area is 282 Å². The Bertz CT molecular complexity index is 1490. The van der Waals surface area contributed by atoms with Crippen molar-refractivity contribution in [2.75, 3.05) is 18.4 Å². The van der Waals surface area contributed by atoms with Gasteiger partial charge >= 0.3 is 0 Å². The Kier molecular flexibility index (Phi) is 12.3. The molecule has 2 heterocycles. The third-order valence-corrected chi connectivity index (χ3v) is 9.93. The number of nitrogens with one attached hydrogen (secondary N) is 2. The van der Waals surface area contributed by atoms with Crippen LogP contribution >= 0.6 is 0 Å². The molecule has 4 rings (SSSR count). The second-order valence-electron chi connectivity index (χ2n) is 14.1. The zero-order chi connectivity index (χ0) is 35.2. The van der Waals surface area contributed by atoms with E-state index in [9.17, 15) is 24.3 Å². The van der Waals surface area contributed by atoms with Gasteiger partial charge in [0.05, 0.1) is 17.2 Å². The SMILES string of the molecule is CCC(=O)N[C@@H](C(=O)N1CCC(C)(O)CC1)[C@@H](C)c1ccc(NC(=O)C(C=NC(=O)c2ccnn2C(C)C)C2CCC(C)CC2)c(F)c1. The first-order valence-corrected chi connectivity index (χ1v) is 17.2. The number of aliphatic imine (C=N–C) groups is 1. The maximum atomic E-state index is 15.7. The summed E-state index contributed by atoms with van der Waals surface area (Å²) >= 11 is 0. The molecule has 1 saturated heterocycles. The molecule has 3 N–H and O–H groups in total. The molecule has 1 aliphatic carbocycles. The van der Waals surface area contributed by atoms with Crippen molar-refractivity contribution in [2.45, 2.75) is 110 Å². The Morgan fingerprint density at radius 3 is 2.38 bits per heavy atom. The molecule has 2 fully saturated rings. The Balaban J connectivity index is 1.53. The first-order chi connectivity index (χ1) is 22.7. The predicted molar refractivity (Wildman–Crippen MR) is 182 cm³/mol. The summed E-state index contributed by atoms with van der Waals surface area (Å²) in [6.07, 6.45) is 7.44. The van der Waals surface area contributed by atoms with Crippen molar-refractivity contribution in [3.05, 3.63) is 47.5 Å². The fourth-order valence-corrected chi connectivity index (χ4v) is 6.56. The van der Waals surface area contributed by atoms with Gasteiger partial charge in [0.2, 0.25) is 17.7 Å². The minimum Gasteiger partial charge on any atom is -0.390 e. The van der Waals surface area contributed by atoms with Gasteiger partial charge in [-0.05, 0) is 82.1 Å². The van der Waals surface area contributed by atoms with E-state index in [2.05, 4.69) is 27.6 Å². The van der Waals surface area contributed by atoms with Crippen LogP contribution in [0, 0.1) is 23.6 Å². The molecule has 3 atom stereocenters. The number of likely N-dealkylation sites (tertiary alicyclic amines) is 1. The Morgan fingerprint density at radius 1 is 1.10 bits per heavy atom. The van der Waals surface area contributed by atoms with Crippen LogP contribution in [-0.4, -0.2) is 74.4 Å². The van der Waals surface area contributed by atoms with Gasteiger partial charge in [0.1, 0.15) is 17.6 Å². The summed E-state index contributed by atoms with van der Waals surface area (Å²) < 4.78 is 17.2. The first-order valence-electron chi connectivity index (χ1n) is 17.2. The quantitative estimate of drug-likeness (QED) is 0.279. The lowest BCUT2D eigenvalue weighted by molar-refractivity contribution is -0.140. The van der Waals surface area contributed by atoms with Crippen LogP contribution < -0.4 is 10.6 Å². The molecule has 0 radical (unpaired) electrons. The average molecular weight is 667 g/mol. The topological polar surface area (TPSA) is 146 Å². The van der Waals surface area contributed by atoms with Crippen molar-refractivity contribution >= 4 is 35.5 Å². The van der Waals surface area contributed by atoms with Gasteiger partial charge in [-0.3, -0.25) is 23.9 Å². The third kappa shape index (κ3) is 9.15. The number of aliphatic hydroxyl groups is 1. The van der Waals surface area contributed by atoms with Gasteiger partial charge in [-0.2, -0.15) is 5.10 Å². The molecule has 262 valence electrons. The normalized spacial score (nSPS) is 21.5. The maximum absolute atomic E-state index is 15.7. The number of piperidine rings is 1. The Morgan fingerprint density at radius 2 is 1.77 bits per heavy atom. The van der Waals surface area contributed by atoms with Crippen LogP contribution in [0.25, 0.3) is 0 Å². The summed E-state index contributed by atoms with van der Waals surface area (Å²) in [5.41, 5.74) is -0.0636. The van der Waals surface area contributed by atoms with Crippen LogP contribution in [0.5, 0.6) is 0 Å². The number of aromatic nitrogens is 2. The van der Waals surface area contributed by atoms with E-state index in [1.807, 2.05) is 13.8 Å². The van der Waals surface area contributed by atoms with E-state index >= 15 is 4.39 Å². The molecular formula is C36H51FN6O5. The highest BCUT2D eigenvalue weighted by Crippen LogP contribution is 2.34. The molecule has 2 aromatic rings. The highest BCUT2D eigenvalue weighted by Gasteiger charge is 2.36. The lowest BCUT2D eigenvalue weighted by atomic mass is 9.76. The number of hydrogen-bond donors (Lipinski definition) is 3. The molecule has 1 saturated carbocycles. The van der Waals surface area contributed by atoms with Gasteiger partial charge < -0.3 is 20.6 Å². The smallest absolute Gasteiger partial charge is 0.294 e. The molecule has 0 bridgehead atoms. The summed E-state index contributed by atoms with van der Waals surface area (Å²) in [6, 6.07) is 5.01. The van der Waals surface area contributed by atoms with Crippen molar-refractivity contribution in [3.8, 4) is 0 Å². The van der Waals surface area contributed by atoms with Gasteiger partial charge in [-0.25, -0.2) is 9.38 Å². The van der Waals surface area contributed by atoms with Crippen LogP contribution in [0.2, 0.25) is 0 Å². The molecule has 2 aliphatic rings. The van der Waals surface area contributed by atoms with E-state index in [1.165, 1.54) is 24.5 Å². The first kappa shape index (κ1) is 36.9. The molecular weight excluding hydrogens is 615 g/mol. The summed E-state index contributed by atoms with van der Waals surface area (Å²) in [6.45, 7) is 11.9. The van der Waals surface area contributed by atoms with Crippen LogP contribution in [-0.2, 0) is 14.4 Å². The van der Waals surface area contributed by atoms with Crippen molar-refractivity contribution in [2.24, 2.45) is 22.7 Å². The molecule has 1 aromatic carbocycles. The van der Waals surface area contributed by atoms with Crippen molar-refractivity contribution in [1.82, 2.24) is 20.0 Å². The van der Waals surface area contributed by atoms with Gasteiger partial charge in [-0.1, -0.05) is 39.7 Å². The number of carbonyl (C=O) groups is 4. The zero-order valence-electron chi connectivity index (χ0n) is 29.0. The van der Waals surface area contributed by atoms with Crippen molar-refractivity contribution in [1.29, 1.82) is 0 Å². The molecule has 11 nitrogen and oxygen atoms in total. The van der Waals surface area contributed by atoms with Crippen molar-refractivity contribution in [3.63, 3.8) is 0 Å². The molecule has 4 amide bonds. The standard InChI is InChI=1S/C36H51FN6O5/c1-7-31(44)41-32(35(47)42-18-15-36(6,48)16-19-42)24(5)26-12-13-29(28(37)20-26)40-33(45)27(25-10-8-23(4)9-11-25)21-38-34(46)30-14-17-39-43(30)22(2)3/h12-14,17,20-25,27,32,48H,7-11,15-16,18-19H2,1-6H3,(H,40,45)(H,41,44)/t23?,24-,25?,27?,32+/m0/s1. The number of carbonyl (C=O) groups excluding carboxylic acids is 4. The number of anilines is 1. The summed E-state index contributed by atoms with van der Waals surface area (Å²) in [5.74, 6) is -3.05. The minimum absolute atomic E-state index is 0.0264. The van der Waals surface area contributed by atoms with Gasteiger partial charge in [0, 0.05) is 43.9 Å². The minimum atomic E-state index is -0.931.